The van der Waals surface area contributed by atoms with Gasteiger partial charge in [-0.2, -0.15) is 0 Å². The van der Waals surface area contributed by atoms with Crippen LogP contribution in [0.25, 0.3) is 0 Å². The number of carboxylic acids is 1. The van der Waals surface area contributed by atoms with Gasteiger partial charge in [0.2, 0.25) is 0 Å². The van der Waals surface area contributed by atoms with Gasteiger partial charge in [0.05, 0.1) is 10.7 Å². The van der Waals surface area contributed by atoms with Gasteiger partial charge in [-0.3, -0.25) is 4.79 Å². The van der Waals surface area contributed by atoms with Gasteiger partial charge in [0, 0.05) is 16.3 Å². The van der Waals surface area contributed by atoms with Gasteiger partial charge in [0.25, 0.3) is 0 Å². The molecule has 0 aliphatic heterocycles. The molecule has 1 atom stereocenters. The van der Waals surface area contributed by atoms with Crippen molar-refractivity contribution in [3.8, 4) is 0 Å². The van der Waals surface area contributed by atoms with Gasteiger partial charge < -0.3 is 10.8 Å². The van der Waals surface area contributed by atoms with Crippen molar-refractivity contribution < 1.29 is 9.90 Å². The average molecular weight is 327 g/mol. The molecule has 0 saturated carbocycles. The standard InChI is InChI=1S/C12H11BrN2O2S/c13-8-4-2-1-3-7(8)5-10-15-9(6-18-10)11(14)12(16)17/h1-4,6,11H,5,14H2,(H,16,17). The summed E-state index contributed by atoms with van der Waals surface area (Å²) in [5.74, 6) is -1.06. The zero-order valence-corrected chi connectivity index (χ0v) is 11.7. The highest BCUT2D eigenvalue weighted by Gasteiger charge is 2.17. The molecule has 0 aliphatic rings. The molecule has 1 unspecified atom stereocenters. The number of benzene rings is 1. The number of carboxylic acid groups (broad SMARTS) is 1. The van der Waals surface area contributed by atoms with Gasteiger partial charge in [-0.05, 0) is 11.6 Å². The van der Waals surface area contributed by atoms with Gasteiger partial charge in [-0.25, -0.2) is 4.98 Å². The van der Waals surface area contributed by atoms with Crippen LogP contribution in [0.3, 0.4) is 0 Å². The Balaban J connectivity index is 2.17. The SMILES string of the molecule is NC(C(=O)O)c1csc(Cc2ccccc2Br)n1. The fourth-order valence-electron chi connectivity index (χ4n) is 1.48. The second-order valence-electron chi connectivity index (χ2n) is 3.75. The minimum Gasteiger partial charge on any atom is -0.480 e. The first-order chi connectivity index (χ1) is 8.58. The van der Waals surface area contributed by atoms with Gasteiger partial charge in [-0.15, -0.1) is 11.3 Å². The Morgan fingerprint density at radius 3 is 2.89 bits per heavy atom. The van der Waals surface area contributed by atoms with E-state index in [1.165, 1.54) is 11.3 Å². The lowest BCUT2D eigenvalue weighted by Crippen LogP contribution is -2.20. The summed E-state index contributed by atoms with van der Waals surface area (Å²) in [6, 6.07) is 6.82. The van der Waals surface area contributed by atoms with E-state index in [-0.39, 0.29) is 0 Å². The second-order valence-corrected chi connectivity index (χ2v) is 5.55. The van der Waals surface area contributed by atoms with Crippen LogP contribution in [0.1, 0.15) is 22.3 Å². The molecule has 0 saturated heterocycles. The van der Waals surface area contributed by atoms with Gasteiger partial charge in [0.15, 0.2) is 0 Å². The van der Waals surface area contributed by atoms with E-state index in [4.69, 9.17) is 10.8 Å². The number of hydrogen-bond donors (Lipinski definition) is 2. The first-order valence-corrected chi connectivity index (χ1v) is 6.91. The lowest BCUT2D eigenvalue weighted by Gasteiger charge is -2.02. The maximum atomic E-state index is 10.8. The minimum atomic E-state index is -1.06. The molecule has 94 valence electrons. The van der Waals surface area contributed by atoms with Crippen molar-refractivity contribution in [1.29, 1.82) is 0 Å². The van der Waals surface area contributed by atoms with E-state index in [1.54, 1.807) is 5.38 Å². The molecule has 0 aliphatic carbocycles. The van der Waals surface area contributed by atoms with Crippen molar-refractivity contribution in [2.75, 3.05) is 0 Å². The number of carbonyl (C=O) groups is 1. The zero-order chi connectivity index (χ0) is 13.1. The number of nitrogens with two attached hydrogens (primary N) is 1. The van der Waals surface area contributed by atoms with Gasteiger partial charge in [-0.1, -0.05) is 34.1 Å². The molecular weight excluding hydrogens is 316 g/mol. The lowest BCUT2D eigenvalue weighted by atomic mass is 10.2. The number of thiazole rings is 1. The largest absolute Gasteiger partial charge is 0.480 e. The van der Waals surface area contributed by atoms with Crippen molar-refractivity contribution in [2.24, 2.45) is 5.73 Å². The van der Waals surface area contributed by atoms with E-state index < -0.39 is 12.0 Å². The Labute approximate surface area is 117 Å². The van der Waals surface area contributed by atoms with Crippen LogP contribution < -0.4 is 5.73 Å². The number of aromatic nitrogens is 1. The molecule has 1 heterocycles. The highest BCUT2D eigenvalue weighted by atomic mass is 79.9. The number of aliphatic carboxylic acids is 1. The summed E-state index contributed by atoms with van der Waals surface area (Å²) in [5.41, 5.74) is 7.03. The molecule has 6 heteroatoms. The van der Waals surface area contributed by atoms with E-state index in [0.29, 0.717) is 12.1 Å². The molecule has 2 aromatic rings. The number of nitrogens with zero attached hydrogens (tertiary/aromatic N) is 1. The number of hydrogen-bond acceptors (Lipinski definition) is 4. The molecule has 1 aromatic carbocycles. The van der Waals surface area contributed by atoms with Crippen LogP contribution in [0.15, 0.2) is 34.1 Å². The first-order valence-electron chi connectivity index (χ1n) is 5.24. The monoisotopic (exact) mass is 326 g/mol. The molecule has 2 rings (SSSR count). The van der Waals surface area contributed by atoms with Crippen molar-refractivity contribution >= 4 is 33.2 Å². The summed E-state index contributed by atoms with van der Waals surface area (Å²) >= 11 is 4.89. The zero-order valence-electron chi connectivity index (χ0n) is 9.34. The Morgan fingerprint density at radius 1 is 1.50 bits per heavy atom. The van der Waals surface area contributed by atoms with Crippen LogP contribution in [0.2, 0.25) is 0 Å². The maximum Gasteiger partial charge on any atom is 0.326 e. The topological polar surface area (TPSA) is 76.2 Å². The van der Waals surface area contributed by atoms with Crippen molar-refractivity contribution in [2.45, 2.75) is 12.5 Å². The van der Waals surface area contributed by atoms with E-state index in [1.807, 2.05) is 24.3 Å². The summed E-state index contributed by atoms with van der Waals surface area (Å²) in [6.07, 6.45) is 0.665. The van der Waals surface area contributed by atoms with E-state index in [9.17, 15) is 4.79 Å². The molecule has 0 bridgehead atoms. The van der Waals surface area contributed by atoms with Crippen LogP contribution >= 0.6 is 27.3 Å². The highest BCUT2D eigenvalue weighted by Crippen LogP contribution is 2.22. The maximum absolute atomic E-state index is 10.8. The fourth-order valence-corrected chi connectivity index (χ4v) is 2.76. The molecule has 3 N–H and O–H groups in total. The first kappa shape index (κ1) is 13.2. The molecule has 4 nitrogen and oxygen atoms in total. The smallest absolute Gasteiger partial charge is 0.326 e. The predicted octanol–water partition coefficient (Wildman–Crippen LogP) is 2.58. The lowest BCUT2D eigenvalue weighted by molar-refractivity contribution is -0.138. The third-order valence-corrected chi connectivity index (χ3v) is 4.09. The van der Waals surface area contributed by atoms with Crippen LogP contribution in [0.5, 0.6) is 0 Å². The second kappa shape index (κ2) is 5.60. The Hall–Kier alpha value is -1.24. The van der Waals surface area contributed by atoms with Gasteiger partial charge in [0.1, 0.15) is 6.04 Å². The predicted molar refractivity (Wildman–Crippen MR) is 73.6 cm³/mol. The summed E-state index contributed by atoms with van der Waals surface area (Å²) < 4.78 is 1.02. The van der Waals surface area contributed by atoms with Gasteiger partial charge >= 0.3 is 5.97 Å². The molecular formula is C12H11BrN2O2S. The van der Waals surface area contributed by atoms with Crippen LogP contribution in [0, 0.1) is 0 Å². The van der Waals surface area contributed by atoms with Crippen LogP contribution in [-0.4, -0.2) is 16.1 Å². The van der Waals surface area contributed by atoms with Crippen molar-refractivity contribution in [3.63, 3.8) is 0 Å². The quantitative estimate of drug-likeness (QED) is 0.905. The number of rotatable bonds is 4. The number of halogens is 1. The van der Waals surface area contributed by atoms with Crippen LogP contribution in [-0.2, 0) is 11.2 Å². The van der Waals surface area contributed by atoms with Crippen LogP contribution in [0.4, 0.5) is 0 Å². The molecule has 0 radical (unpaired) electrons. The Kier molecular flexibility index (Phi) is 4.11. The minimum absolute atomic E-state index is 0.412. The van der Waals surface area contributed by atoms with E-state index >= 15 is 0 Å². The third kappa shape index (κ3) is 2.95. The summed E-state index contributed by atoms with van der Waals surface area (Å²) in [7, 11) is 0. The van der Waals surface area contributed by atoms with E-state index in [0.717, 1.165) is 15.0 Å². The Morgan fingerprint density at radius 2 is 2.22 bits per heavy atom. The average Bonchev–Trinajstić information content (AvgIpc) is 2.79. The van der Waals surface area contributed by atoms with E-state index in [2.05, 4.69) is 20.9 Å². The highest BCUT2D eigenvalue weighted by molar-refractivity contribution is 9.10. The molecule has 0 fully saturated rings. The fraction of sp³-hybridized carbons (Fsp3) is 0.167. The Bertz CT molecular complexity index is 571. The summed E-state index contributed by atoms with van der Waals surface area (Å²) in [6.45, 7) is 0. The molecule has 1 aromatic heterocycles. The van der Waals surface area contributed by atoms with Crippen molar-refractivity contribution in [3.05, 3.63) is 50.4 Å². The molecule has 18 heavy (non-hydrogen) atoms. The van der Waals surface area contributed by atoms with Crippen molar-refractivity contribution in [1.82, 2.24) is 4.98 Å². The molecule has 0 amide bonds. The normalized spacial score (nSPS) is 12.3. The molecule has 0 spiro atoms. The summed E-state index contributed by atoms with van der Waals surface area (Å²) in [5, 5.41) is 11.4. The summed E-state index contributed by atoms with van der Waals surface area (Å²) in [4.78, 5) is 15.0. The third-order valence-electron chi connectivity index (χ3n) is 2.45.